The third-order valence-electron chi connectivity index (χ3n) is 2.22. The van der Waals surface area contributed by atoms with Crippen molar-refractivity contribution >= 4 is 11.6 Å². The van der Waals surface area contributed by atoms with Crippen LogP contribution in [0.2, 0.25) is 5.02 Å². The van der Waals surface area contributed by atoms with Crippen LogP contribution >= 0.6 is 11.6 Å². The quantitative estimate of drug-likeness (QED) is 0.917. The molecule has 0 aliphatic carbocycles. The van der Waals surface area contributed by atoms with Crippen molar-refractivity contribution in [3.8, 4) is 5.69 Å². The predicted molar refractivity (Wildman–Crippen MR) is 57.3 cm³/mol. The molecular formula is C10H7ClF3N3O. The smallest absolute Gasteiger partial charge is 0.390 e. The van der Waals surface area contributed by atoms with Crippen molar-refractivity contribution in [1.82, 2.24) is 15.0 Å². The van der Waals surface area contributed by atoms with Gasteiger partial charge < -0.3 is 5.11 Å². The average molecular weight is 278 g/mol. The summed E-state index contributed by atoms with van der Waals surface area (Å²) in [5, 5.41) is 16.0. The first-order chi connectivity index (χ1) is 8.41. The lowest BCUT2D eigenvalue weighted by molar-refractivity contribution is -0.137. The molecule has 0 aliphatic rings. The van der Waals surface area contributed by atoms with Crippen LogP contribution in [0.3, 0.4) is 0 Å². The molecular weight excluding hydrogens is 271 g/mol. The number of hydrogen-bond donors (Lipinski definition) is 1. The molecule has 1 aromatic carbocycles. The molecule has 0 bridgehead atoms. The Kier molecular flexibility index (Phi) is 3.27. The molecule has 1 heterocycles. The Bertz CT molecular complexity index is 568. The van der Waals surface area contributed by atoms with Crippen molar-refractivity contribution in [3.05, 3.63) is 40.7 Å². The van der Waals surface area contributed by atoms with Crippen LogP contribution in [0, 0.1) is 0 Å². The van der Waals surface area contributed by atoms with Gasteiger partial charge in [0, 0.05) is 0 Å². The highest BCUT2D eigenvalue weighted by Gasteiger charge is 2.31. The van der Waals surface area contributed by atoms with E-state index in [1.807, 2.05) is 0 Å². The van der Waals surface area contributed by atoms with E-state index in [-0.39, 0.29) is 17.3 Å². The number of rotatable bonds is 2. The highest BCUT2D eigenvalue weighted by Crippen LogP contribution is 2.32. The molecule has 4 nitrogen and oxygen atoms in total. The first kappa shape index (κ1) is 12.8. The Labute approximate surface area is 105 Å². The molecule has 0 spiro atoms. The molecule has 2 aromatic rings. The van der Waals surface area contributed by atoms with Crippen LogP contribution in [0.1, 0.15) is 11.3 Å². The highest BCUT2D eigenvalue weighted by molar-refractivity contribution is 6.32. The van der Waals surface area contributed by atoms with Crippen molar-refractivity contribution in [3.63, 3.8) is 0 Å². The van der Waals surface area contributed by atoms with Crippen LogP contribution in [-0.4, -0.2) is 20.1 Å². The molecule has 1 aromatic heterocycles. The van der Waals surface area contributed by atoms with Gasteiger partial charge in [-0.2, -0.15) is 13.2 Å². The minimum absolute atomic E-state index is 0.0979. The summed E-state index contributed by atoms with van der Waals surface area (Å²) < 4.78 is 38.5. The third kappa shape index (κ3) is 2.46. The van der Waals surface area contributed by atoms with Crippen molar-refractivity contribution in [2.45, 2.75) is 12.8 Å². The second-order valence-electron chi connectivity index (χ2n) is 3.48. The number of aliphatic hydroxyl groups is 1. The minimum Gasteiger partial charge on any atom is -0.390 e. The molecule has 0 saturated heterocycles. The summed E-state index contributed by atoms with van der Waals surface area (Å²) in [4.78, 5) is 0. The van der Waals surface area contributed by atoms with Gasteiger partial charge in [0.1, 0.15) is 5.69 Å². The normalized spacial score (nSPS) is 11.8. The summed E-state index contributed by atoms with van der Waals surface area (Å²) >= 11 is 5.77. The van der Waals surface area contributed by atoms with Gasteiger partial charge in [-0.1, -0.05) is 16.8 Å². The van der Waals surface area contributed by atoms with Crippen molar-refractivity contribution < 1.29 is 18.3 Å². The molecule has 0 amide bonds. The molecule has 0 saturated carbocycles. The maximum Gasteiger partial charge on any atom is 0.416 e. The standard InChI is InChI=1S/C10H7ClF3N3O/c11-8-3-6(10(12,13)14)1-2-9(8)17-4-7(5-18)15-16-17/h1-4,18H,5H2. The van der Waals surface area contributed by atoms with Crippen molar-refractivity contribution in [2.24, 2.45) is 0 Å². The van der Waals surface area contributed by atoms with Gasteiger partial charge in [0.25, 0.3) is 0 Å². The molecule has 1 N–H and O–H groups in total. The molecule has 0 aliphatic heterocycles. The second-order valence-corrected chi connectivity index (χ2v) is 3.88. The summed E-state index contributed by atoms with van der Waals surface area (Å²) in [6, 6.07) is 2.92. The van der Waals surface area contributed by atoms with Crippen LogP contribution in [0.5, 0.6) is 0 Å². The topological polar surface area (TPSA) is 50.9 Å². The summed E-state index contributed by atoms with van der Waals surface area (Å²) in [5.41, 5.74) is -0.276. The monoisotopic (exact) mass is 277 g/mol. The van der Waals surface area contributed by atoms with E-state index in [2.05, 4.69) is 10.3 Å². The molecule has 18 heavy (non-hydrogen) atoms. The van der Waals surface area contributed by atoms with Gasteiger partial charge in [-0.3, -0.25) is 0 Å². The van der Waals surface area contributed by atoms with Gasteiger partial charge in [-0.25, -0.2) is 4.68 Å². The van der Waals surface area contributed by atoms with E-state index >= 15 is 0 Å². The highest BCUT2D eigenvalue weighted by atomic mass is 35.5. The first-order valence-electron chi connectivity index (χ1n) is 4.81. The number of aromatic nitrogens is 3. The Hall–Kier alpha value is -1.60. The van der Waals surface area contributed by atoms with Gasteiger partial charge in [-0.15, -0.1) is 5.10 Å². The van der Waals surface area contributed by atoms with E-state index < -0.39 is 11.7 Å². The molecule has 96 valence electrons. The summed E-state index contributed by atoms with van der Waals surface area (Å²) in [6.45, 7) is -0.307. The minimum atomic E-state index is -4.44. The fourth-order valence-electron chi connectivity index (χ4n) is 1.36. The maximum absolute atomic E-state index is 12.4. The van der Waals surface area contributed by atoms with E-state index in [4.69, 9.17) is 16.7 Å². The largest absolute Gasteiger partial charge is 0.416 e. The van der Waals surface area contributed by atoms with Crippen molar-refractivity contribution in [2.75, 3.05) is 0 Å². The van der Waals surface area contributed by atoms with Crippen LogP contribution in [-0.2, 0) is 12.8 Å². The van der Waals surface area contributed by atoms with Crippen LogP contribution in [0.4, 0.5) is 13.2 Å². The predicted octanol–water partition coefficient (Wildman–Crippen LogP) is 2.43. The Morgan fingerprint density at radius 2 is 2.06 bits per heavy atom. The van der Waals surface area contributed by atoms with E-state index in [1.54, 1.807) is 0 Å². The van der Waals surface area contributed by atoms with Gasteiger partial charge in [-0.05, 0) is 18.2 Å². The number of aliphatic hydroxyl groups excluding tert-OH is 1. The lowest BCUT2D eigenvalue weighted by Gasteiger charge is -2.09. The zero-order valence-electron chi connectivity index (χ0n) is 8.82. The number of halogens is 4. The lowest BCUT2D eigenvalue weighted by Crippen LogP contribution is -2.06. The lowest BCUT2D eigenvalue weighted by atomic mass is 10.2. The van der Waals surface area contributed by atoms with Crippen molar-refractivity contribution in [1.29, 1.82) is 0 Å². The van der Waals surface area contributed by atoms with Gasteiger partial charge in [0.05, 0.1) is 29.1 Å². The Morgan fingerprint density at radius 3 is 2.56 bits per heavy atom. The second kappa shape index (κ2) is 4.58. The maximum atomic E-state index is 12.4. The van der Waals surface area contributed by atoms with E-state index in [0.717, 1.165) is 12.1 Å². The Morgan fingerprint density at radius 1 is 1.33 bits per heavy atom. The number of hydrogen-bond acceptors (Lipinski definition) is 3. The zero-order chi connectivity index (χ0) is 13.3. The fourth-order valence-corrected chi connectivity index (χ4v) is 1.62. The van der Waals surface area contributed by atoms with E-state index in [0.29, 0.717) is 5.69 Å². The summed E-state index contributed by atoms with van der Waals surface area (Å²) in [6.07, 6.45) is -3.06. The molecule has 0 fully saturated rings. The summed E-state index contributed by atoms with van der Waals surface area (Å²) in [7, 11) is 0. The molecule has 0 unspecified atom stereocenters. The molecule has 0 radical (unpaired) electrons. The SMILES string of the molecule is OCc1cn(-c2ccc(C(F)(F)F)cc2Cl)nn1. The van der Waals surface area contributed by atoms with Gasteiger partial charge in [0.2, 0.25) is 0 Å². The molecule has 2 rings (SSSR count). The van der Waals surface area contributed by atoms with Gasteiger partial charge in [0.15, 0.2) is 0 Å². The third-order valence-corrected chi connectivity index (χ3v) is 2.53. The summed E-state index contributed by atoms with van der Waals surface area (Å²) in [5.74, 6) is 0. The number of benzene rings is 1. The van der Waals surface area contributed by atoms with Crippen LogP contribution in [0.25, 0.3) is 5.69 Å². The van der Waals surface area contributed by atoms with Gasteiger partial charge >= 0.3 is 6.18 Å². The Balaban J connectivity index is 2.41. The van der Waals surface area contributed by atoms with E-state index in [9.17, 15) is 13.2 Å². The zero-order valence-corrected chi connectivity index (χ0v) is 9.57. The average Bonchev–Trinajstić information content (AvgIpc) is 2.76. The fraction of sp³-hybridized carbons (Fsp3) is 0.200. The molecule has 8 heteroatoms. The van der Waals surface area contributed by atoms with E-state index in [1.165, 1.54) is 16.9 Å². The number of nitrogens with zero attached hydrogens (tertiary/aromatic N) is 3. The molecule has 0 atom stereocenters. The van der Waals surface area contributed by atoms with Crippen LogP contribution in [0.15, 0.2) is 24.4 Å². The first-order valence-corrected chi connectivity index (χ1v) is 5.19. The number of alkyl halides is 3. The van der Waals surface area contributed by atoms with Crippen LogP contribution < -0.4 is 0 Å².